The molecule has 0 aromatic carbocycles. The number of esters is 4. The highest BCUT2D eigenvalue weighted by molar-refractivity contribution is 7.47. The molecular weight excluding hydrogens is 1410 g/mol. The highest BCUT2D eigenvalue weighted by Crippen LogP contribution is 2.45. The average molecular weight is 1590 g/mol. The van der Waals surface area contributed by atoms with Crippen molar-refractivity contribution in [2.24, 2.45) is 5.92 Å². The SMILES string of the molecule is CCCCCCCCCCCCCCCCCCCCCCCC(=O)O[C@H](COC(=O)CCCCCCCCCCCCCCCCCC(C)C)COP(=O)(O)OC[C@@H](O)COP(=O)(O)OC[C@@H](COC(=O)CCCCCCCCCCCCCCC)OC(=O)CCCCCCCCCCCCCCCCCCC. The largest absolute Gasteiger partial charge is 0.472 e. The molecule has 0 spiro atoms. The molecule has 0 rings (SSSR count). The van der Waals surface area contributed by atoms with Gasteiger partial charge in [0.25, 0.3) is 0 Å². The van der Waals surface area contributed by atoms with Crippen molar-refractivity contribution in [1.82, 2.24) is 0 Å². The van der Waals surface area contributed by atoms with Gasteiger partial charge in [0, 0.05) is 25.7 Å². The van der Waals surface area contributed by atoms with Crippen molar-refractivity contribution >= 4 is 39.5 Å². The summed E-state index contributed by atoms with van der Waals surface area (Å²) >= 11 is 0. The van der Waals surface area contributed by atoms with E-state index in [0.29, 0.717) is 25.7 Å². The normalized spacial score (nSPS) is 13.7. The number of phosphoric ester groups is 2. The molecule has 2 unspecified atom stereocenters. The van der Waals surface area contributed by atoms with E-state index in [4.69, 9.17) is 37.0 Å². The molecule has 0 heterocycles. The van der Waals surface area contributed by atoms with Crippen LogP contribution in [0.25, 0.3) is 0 Å². The number of hydrogen-bond acceptors (Lipinski definition) is 15. The van der Waals surface area contributed by atoms with Crippen molar-refractivity contribution in [3.05, 3.63) is 0 Å². The summed E-state index contributed by atoms with van der Waals surface area (Å²) < 4.78 is 69.1. The van der Waals surface area contributed by atoms with Gasteiger partial charge in [0.05, 0.1) is 26.4 Å². The van der Waals surface area contributed by atoms with E-state index in [0.717, 1.165) is 95.8 Å². The molecule has 0 bridgehead atoms. The van der Waals surface area contributed by atoms with Gasteiger partial charge in [-0.25, -0.2) is 9.13 Å². The zero-order valence-electron chi connectivity index (χ0n) is 71.7. The predicted octanol–water partition coefficient (Wildman–Crippen LogP) is 27.9. The smallest absolute Gasteiger partial charge is 0.462 e. The number of unbranched alkanes of at least 4 members (excludes halogenated alkanes) is 62. The fourth-order valence-electron chi connectivity index (χ4n) is 14.2. The Bertz CT molecular complexity index is 2070. The summed E-state index contributed by atoms with van der Waals surface area (Å²) in [5, 5.41) is 10.7. The Morgan fingerprint density at radius 1 is 0.248 bits per heavy atom. The molecule has 0 saturated carbocycles. The third-order valence-corrected chi connectivity index (χ3v) is 23.2. The van der Waals surface area contributed by atoms with Crippen LogP contribution >= 0.6 is 15.6 Å². The monoisotopic (exact) mass is 1590 g/mol. The molecule has 0 aromatic heterocycles. The molecule has 109 heavy (non-hydrogen) atoms. The number of carbonyl (C=O) groups is 4. The summed E-state index contributed by atoms with van der Waals surface area (Å²) in [6, 6.07) is 0. The number of aliphatic hydroxyl groups is 1. The molecule has 0 aromatic rings. The van der Waals surface area contributed by atoms with Crippen LogP contribution in [0.2, 0.25) is 0 Å². The molecule has 0 aliphatic heterocycles. The van der Waals surface area contributed by atoms with Crippen LogP contribution in [0.3, 0.4) is 0 Å². The summed E-state index contributed by atoms with van der Waals surface area (Å²) in [4.78, 5) is 73.4. The maximum absolute atomic E-state index is 13.2. The van der Waals surface area contributed by atoms with E-state index in [1.165, 1.54) is 315 Å². The molecule has 0 saturated heterocycles. The minimum atomic E-state index is -4.97. The van der Waals surface area contributed by atoms with E-state index >= 15 is 0 Å². The van der Waals surface area contributed by atoms with Gasteiger partial charge in [-0.05, 0) is 31.6 Å². The molecule has 5 atom stereocenters. The fourth-order valence-corrected chi connectivity index (χ4v) is 15.8. The molecule has 0 radical (unpaired) electrons. The van der Waals surface area contributed by atoms with Crippen LogP contribution in [-0.4, -0.2) is 96.7 Å². The minimum Gasteiger partial charge on any atom is -0.462 e. The van der Waals surface area contributed by atoms with Crippen LogP contribution in [0.1, 0.15) is 490 Å². The highest BCUT2D eigenvalue weighted by Gasteiger charge is 2.31. The summed E-state index contributed by atoms with van der Waals surface area (Å²) in [5.74, 6) is -1.29. The van der Waals surface area contributed by atoms with Gasteiger partial charge in [-0.3, -0.25) is 37.3 Å². The van der Waals surface area contributed by atoms with E-state index in [-0.39, 0.29) is 25.7 Å². The van der Waals surface area contributed by atoms with Crippen LogP contribution in [0.15, 0.2) is 0 Å². The van der Waals surface area contributed by atoms with Gasteiger partial charge in [0.1, 0.15) is 19.3 Å². The van der Waals surface area contributed by atoms with Crippen molar-refractivity contribution in [2.45, 2.75) is 509 Å². The lowest BCUT2D eigenvalue weighted by atomic mass is 10.0. The van der Waals surface area contributed by atoms with Crippen LogP contribution in [0, 0.1) is 5.92 Å². The Morgan fingerprint density at radius 3 is 0.624 bits per heavy atom. The molecule has 19 heteroatoms. The first kappa shape index (κ1) is 107. The molecule has 648 valence electrons. The Hall–Kier alpha value is -1.94. The lowest BCUT2D eigenvalue weighted by Gasteiger charge is -2.21. The van der Waals surface area contributed by atoms with E-state index in [2.05, 4.69) is 34.6 Å². The molecule has 0 aliphatic rings. The number of phosphoric acid groups is 2. The minimum absolute atomic E-state index is 0.109. The average Bonchev–Trinajstić information content (AvgIpc) is 0.901. The third kappa shape index (κ3) is 83.8. The quantitative estimate of drug-likeness (QED) is 0.0222. The van der Waals surface area contributed by atoms with Gasteiger partial charge in [0.15, 0.2) is 12.2 Å². The van der Waals surface area contributed by atoms with Gasteiger partial charge < -0.3 is 33.8 Å². The van der Waals surface area contributed by atoms with E-state index in [1.54, 1.807) is 0 Å². The zero-order chi connectivity index (χ0) is 79.7. The molecule has 17 nitrogen and oxygen atoms in total. The maximum atomic E-state index is 13.2. The van der Waals surface area contributed by atoms with Crippen LogP contribution in [0.4, 0.5) is 0 Å². The highest BCUT2D eigenvalue weighted by atomic mass is 31.2. The van der Waals surface area contributed by atoms with E-state index in [9.17, 15) is 43.2 Å². The molecule has 0 amide bonds. The first-order valence-electron chi connectivity index (χ1n) is 46.6. The number of rotatable bonds is 90. The first-order valence-corrected chi connectivity index (χ1v) is 49.6. The third-order valence-electron chi connectivity index (χ3n) is 21.3. The van der Waals surface area contributed by atoms with Gasteiger partial charge in [0.2, 0.25) is 0 Å². The van der Waals surface area contributed by atoms with Crippen LogP contribution < -0.4 is 0 Å². The standard InChI is InChI=1S/C90H176O17P2/c1-6-9-12-15-18-21-24-27-29-31-32-33-34-36-40-46-51-56-61-66-71-76-90(95)107-86(80-101-88(93)74-69-64-59-54-49-44-41-37-38-43-47-52-57-62-67-72-83(4)5)82-105-109(98,99)103-78-84(91)77-102-108(96,97)104-81-85(79-100-87(92)73-68-63-58-53-48-42-26-23-20-17-14-11-8-3)106-89(94)75-70-65-60-55-50-45-39-35-30-28-25-22-19-16-13-10-7-2/h83-86,91H,6-82H2,1-5H3,(H,96,97)(H,98,99)/t84-,85+,86+/m0/s1. The maximum Gasteiger partial charge on any atom is 0.472 e. The van der Waals surface area contributed by atoms with Crippen molar-refractivity contribution in [1.29, 1.82) is 0 Å². The van der Waals surface area contributed by atoms with Gasteiger partial charge in [-0.15, -0.1) is 0 Å². The van der Waals surface area contributed by atoms with E-state index < -0.39 is 97.5 Å². The summed E-state index contributed by atoms with van der Waals surface area (Å²) in [6.07, 6.45) is 77.7. The number of ether oxygens (including phenoxy) is 4. The van der Waals surface area contributed by atoms with E-state index in [1.807, 2.05) is 0 Å². The molecule has 0 aliphatic carbocycles. The number of hydrogen-bond donors (Lipinski definition) is 3. The van der Waals surface area contributed by atoms with Crippen molar-refractivity contribution in [3.63, 3.8) is 0 Å². The van der Waals surface area contributed by atoms with Crippen molar-refractivity contribution in [3.8, 4) is 0 Å². The summed E-state index contributed by atoms with van der Waals surface area (Å²) in [7, 11) is -9.93. The topological polar surface area (TPSA) is 237 Å². The Balaban J connectivity index is 5.26. The zero-order valence-corrected chi connectivity index (χ0v) is 73.5. The Labute approximate surface area is 670 Å². The molecule has 0 fully saturated rings. The lowest BCUT2D eigenvalue weighted by molar-refractivity contribution is -0.161. The van der Waals surface area contributed by atoms with Crippen molar-refractivity contribution in [2.75, 3.05) is 39.6 Å². The number of aliphatic hydroxyl groups excluding tert-OH is 1. The predicted molar refractivity (Wildman–Crippen MR) is 451 cm³/mol. The summed E-state index contributed by atoms with van der Waals surface area (Å²) in [6.45, 7) is 7.43. The second kappa shape index (κ2) is 82.6. The second-order valence-corrected chi connectivity index (χ2v) is 35.7. The fraction of sp³-hybridized carbons (Fsp3) is 0.956. The first-order chi connectivity index (χ1) is 53.0. The van der Waals surface area contributed by atoms with Gasteiger partial charge in [-0.1, -0.05) is 439 Å². The second-order valence-electron chi connectivity index (χ2n) is 32.8. The van der Waals surface area contributed by atoms with Crippen molar-refractivity contribution < 1.29 is 80.2 Å². The van der Waals surface area contributed by atoms with Crippen LogP contribution in [-0.2, 0) is 65.4 Å². The molecule has 3 N–H and O–H groups in total. The Morgan fingerprint density at radius 2 is 0.422 bits per heavy atom. The summed E-state index contributed by atoms with van der Waals surface area (Å²) in [5.41, 5.74) is 0. The lowest BCUT2D eigenvalue weighted by Crippen LogP contribution is -2.30. The van der Waals surface area contributed by atoms with Crippen LogP contribution in [0.5, 0.6) is 0 Å². The Kier molecular flexibility index (Phi) is 81.1. The number of carbonyl (C=O) groups excluding carboxylic acids is 4. The van der Waals surface area contributed by atoms with Gasteiger partial charge >= 0.3 is 39.5 Å². The molecular formula is C90H176O17P2. The van der Waals surface area contributed by atoms with Gasteiger partial charge in [-0.2, -0.15) is 0 Å².